The second-order valence-corrected chi connectivity index (χ2v) is 6.32. The van der Waals surface area contributed by atoms with Gasteiger partial charge in [0.05, 0.1) is 0 Å². The fourth-order valence-electron chi connectivity index (χ4n) is 3.06. The highest BCUT2D eigenvalue weighted by Crippen LogP contribution is 2.14. The van der Waals surface area contributed by atoms with Gasteiger partial charge in [0.15, 0.2) is 5.96 Å². The summed E-state index contributed by atoms with van der Waals surface area (Å²) in [6.07, 6.45) is 3.30. The predicted octanol–water partition coefficient (Wildman–Crippen LogP) is 2.88. The molecule has 0 spiro atoms. The van der Waals surface area contributed by atoms with Gasteiger partial charge >= 0.3 is 0 Å². The lowest BCUT2D eigenvalue weighted by Crippen LogP contribution is -2.44. The summed E-state index contributed by atoms with van der Waals surface area (Å²) in [7, 11) is 1.77. The first kappa shape index (κ1) is 21.2. The first-order valence-electron chi connectivity index (χ1n) is 8.59. The number of benzene rings is 1. The van der Waals surface area contributed by atoms with E-state index in [1.807, 2.05) is 12.1 Å². The van der Waals surface area contributed by atoms with Crippen LogP contribution in [0.4, 0.5) is 4.39 Å². The number of nitrogens with one attached hydrogen (secondary N) is 2. The second kappa shape index (κ2) is 11.6. The monoisotopic (exact) mass is 448 g/mol. The quantitative estimate of drug-likeness (QED) is 0.400. The van der Waals surface area contributed by atoms with E-state index in [0.717, 1.165) is 30.5 Å². The minimum absolute atomic E-state index is 0. The van der Waals surface area contributed by atoms with Crippen molar-refractivity contribution in [1.29, 1.82) is 0 Å². The molecule has 1 aromatic carbocycles. The van der Waals surface area contributed by atoms with Gasteiger partial charge in [0.2, 0.25) is 0 Å². The Morgan fingerprint density at radius 1 is 1.29 bits per heavy atom. The van der Waals surface area contributed by atoms with Gasteiger partial charge in [-0.3, -0.25) is 4.99 Å². The first-order valence-corrected chi connectivity index (χ1v) is 8.59. The fraction of sp³-hybridized carbons (Fsp3) is 0.611. The molecule has 1 fully saturated rings. The van der Waals surface area contributed by atoms with E-state index in [2.05, 4.69) is 27.4 Å². The molecule has 0 amide bonds. The number of nitrogens with zero attached hydrogens (tertiary/aromatic N) is 2. The molecule has 1 saturated heterocycles. The lowest BCUT2D eigenvalue weighted by Gasteiger charge is -2.30. The molecular weight excluding hydrogens is 418 g/mol. The smallest absolute Gasteiger partial charge is 0.191 e. The summed E-state index contributed by atoms with van der Waals surface area (Å²) in [5.41, 5.74) is 0.734. The van der Waals surface area contributed by atoms with Crippen LogP contribution < -0.4 is 10.6 Å². The van der Waals surface area contributed by atoms with Crippen LogP contribution in [0.5, 0.6) is 0 Å². The lowest BCUT2D eigenvalue weighted by molar-refractivity contribution is 0.187. The molecule has 0 saturated carbocycles. The molecule has 4 nitrogen and oxygen atoms in total. The van der Waals surface area contributed by atoms with E-state index in [1.165, 1.54) is 32.0 Å². The number of rotatable bonds is 6. The summed E-state index contributed by atoms with van der Waals surface area (Å²) in [5.74, 6) is 1.45. The Hall–Kier alpha value is -0.890. The highest BCUT2D eigenvalue weighted by atomic mass is 127. The van der Waals surface area contributed by atoms with Crippen molar-refractivity contribution in [2.75, 3.05) is 39.8 Å². The Morgan fingerprint density at radius 2 is 2.04 bits per heavy atom. The third-order valence-corrected chi connectivity index (χ3v) is 4.33. The van der Waals surface area contributed by atoms with E-state index in [-0.39, 0.29) is 29.8 Å². The zero-order valence-corrected chi connectivity index (χ0v) is 17.1. The predicted molar refractivity (Wildman–Crippen MR) is 110 cm³/mol. The van der Waals surface area contributed by atoms with Crippen molar-refractivity contribution in [3.63, 3.8) is 0 Å². The molecule has 136 valence electrons. The Labute approximate surface area is 162 Å². The maximum atomic E-state index is 13.6. The third kappa shape index (κ3) is 7.34. The molecule has 0 radical (unpaired) electrons. The van der Waals surface area contributed by atoms with Gasteiger partial charge in [0.1, 0.15) is 5.82 Å². The van der Waals surface area contributed by atoms with Crippen molar-refractivity contribution >= 4 is 29.9 Å². The molecule has 0 aromatic heterocycles. The van der Waals surface area contributed by atoms with E-state index < -0.39 is 0 Å². The molecule has 0 aliphatic carbocycles. The van der Waals surface area contributed by atoms with Crippen LogP contribution in [0.25, 0.3) is 0 Å². The molecule has 1 aliphatic heterocycles. The van der Waals surface area contributed by atoms with Crippen LogP contribution in [0.1, 0.15) is 25.3 Å². The van der Waals surface area contributed by atoms with Crippen molar-refractivity contribution in [3.05, 3.63) is 35.6 Å². The van der Waals surface area contributed by atoms with Crippen molar-refractivity contribution in [2.24, 2.45) is 10.9 Å². The fourth-order valence-corrected chi connectivity index (χ4v) is 3.06. The molecule has 1 aromatic rings. The topological polar surface area (TPSA) is 39.7 Å². The standard InChI is InChI=1S/C18H29FN4.HI/c1-15-6-5-12-23(14-15)13-11-22-18(20-2)21-10-9-16-7-3-4-8-17(16)19;/h3-4,7-8,15H,5-6,9-14H2,1-2H3,(H2,20,21,22);1H. The van der Waals surface area contributed by atoms with Crippen LogP contribution in [-0.2, 0) is 6.42 Å². The maximum Gasteiger partial charge on any atom is 0.191 e. The highest BCUT2D eigenvalue weighted by molar-refractivity contribution is 14.0. The maximum absolute atomic E-state index is 13.6. The zero-order valence-electron chi connectivity index (χ0n) is 14.7. The molecule has 2 N–H and O–H groups in total. The number of guanidine groups is 1. The lowest BCUT2D eigenvalue weighted by atomic mass is 10.0. The van der Waals surface area contributed by atoms with Crippen LogP contribution in [0, 0.1) is 11.7 Å². The van der Waals surface area contributed by atoms with Crippen LogP contribution >= 0.6 is 24.0 Å². The Balaban J connectivity index is 0.00000288. The normalized spacial score (nSPS) is 18.8. The Bertz CT molecular complexity index is 510. The van der Waals surface area contributed by atoms with Crippen LogP contribution in [0.2, 0.25) is 0 Å². The zero-order chi connectivity index (χ0) is 16.5. The minimum atomic E-state index is -0.142. The number of aliphatic imine (C=N–C) groups is 1. The molecule has 2 rings (SSSR count). The summed E-state index contributed by atoms with van der Waals surface area (Å²) < 4.78 is 13.6. The summed E-state index contributed by atoms with van der Waals surface area (Å²) in [4.78, 5) is 6.73. The van der Waals surface area contributed by atoms with Gasteiger partial charge in [-0.15, -0.1) is 24.0 Å². The largest absolute Gasteiger partial charge is 0.356 e. The molecule has 6 heteroatoms. The van der Waals surface area contributed by atoms with Crippen molar-refractivity contribution in [2.45, 2.75) is 26.2 Å². The van der Waals surface area contributed by atoms with Crippen molar-refractivity contribution < 1.29 is 4.39 Å². The molecule has 1 unspecified atom stereocenters. The number of halogens is 2. The molecule has 1 aliphatic rings. The molecular formula is C18H30FIN4. The number of piperidine rings is 1. The summed E-state index contributed by atoms with van der Waals surface area (Å²) in [6.45, 7) is 7.31. The highest BCUT2D eigenvalue weighted by Gasteiger charge is 2.15. The van der Waals surface area contributed by atoms with Gasteiger partial charge in [-0.25, -0.2) is 4.39 Å². The van der Waals surface area contributed by atoms with Crippen LogP contribution in [-0.4, -0.2) is 50.6 Å². The molecule has 24 heavy (non-hydrogen) atoms. The van der Waals surface area contributed by atoms with Gasteiger partial charge in [0.25, 0.3) is 0 Å². The van der Waals surface area contributed by atoms with E-state index in [1.54, 1.807) is 13.1 Å². The van der Waals surface area contributed by atoms with Gasteiger partial charge < -0.3 is 15.5 Å². The van der Waals surface area contributed by atoms with Crippen LogP contribution in [0.3, 0.4) is 0 Å². The van der Waals surface area contributed by atoms with Gasteiger partial charge in [-0.1, -0.05) is 25.1 Å². The average molecular weight is 448 g/mol. The van der Waals surface area contributed by atoms with E-state index >= 15 is 0 Å². The second-order valence-electron chi connectivity index (χ2n) is 6.32. The molecule has 0 bridgehead atoms. The number of hydrogen-bond acceptors (Lipinski definition) is 2. The van der Waals surface area contributed by atoms with E-state index in [0.29, 0.717) is 13.0 Å². The average Bonchev–Trinajstić information content (AvgIpc) is 2.55. The minimum Gasteiger partial charge on any atom is -0.356 e. The summed E-state index contributed by atoms with van der Waals surface area (Å²) in [5, 5.41) is 6.58. The number of likely N-dealkylation sites (tertiary alicyclic amines) is 1. The first-order chi connectivity index (χ1) is 11.2. The summed E-state index contributed by atoms with van der Waals surface area (Å²) >= 11 is 0. The Kier molecular flexibility index (Phi) is 10.2. The van der Waals surface area contributed by atoms with Gasteiger partial charge in [-0.2, -0.15) is 0 Å². The van der Waals surface area contributed by atoms with Crippen LogP contribution in [0.15, 0.2) is 29.3 Å². The Morgan fingerprint density at radius 3 is 2.75 bits per heavy atom. The van der Waals surface area contributed by atoms with E-state index in [9.17, 15) is 4.39 Å². The molecule has 1 heterocycles. The third-order valence-electron chi connectivity index (χ3n) is 4.33. The summed E-state index contributed by atoms with van der Waals surface area (Å²) in [6, 6.07) is 6.91. The molecule has 1 atom stereocenters. The van der Waals surface area contributed by atoms with E-state index in [4.69, 9.17) is 0 Å². The number of hydrogen-bond donors (Lipinski definition) is 2. The van der Waals surface area contributed by atoms with Crippen molar-refractivity contribution in [1.82, 2.24) is 15.5 Å². The SMILES string of the molecule is CN=C(NCCc1ccccc1F)NCCN1CCCC(C)C1.I. The van der Waals surface area contributed by atoms with Gasteiger partial charge in [-0.05, 0) is 43.4 Å². The van der Waals surface area contributed by atoms with Gasteiger partial charge in [0, 0.05) is 33.2 Å². The van der Waals surface area contributed by atoms with Crippen molar-refractivity contribution in [3.8, 4) is 0 Å².